The second-order valence-electron chi connectivity index (χ2n) is 8.61. The lowest BCUT2D eigenvalue weighted by Gasteiger charge is -2.11. The Morgan fingerprint density at radius 2 is 1.45 bits per heavy atom. The Hall–Kier alpha value is -5.41. The van der Waals surface area contributed by atoms with E-state index in [0.717, 1.165) is 24.3 Å². The number of tetrazole rings is 1. The van der Waals surface area contributed by atoms with Crippen molar-refractivity contribution in [1.82, 2.24) is 30.4 Å². The molecule has 0 spiro atoms. The van der Waals surface area contributed by atoms with Crippen LogP contribution >= 0.6 is 0 Å². The summed E-state index contributed by atoms with van der Waals surface area (Å²) in [5.74, 6) is -1.35. The Morgan fingerprint density at radius 3 is 2.02 bits per heavy atom. The van der Waals surface area contributed by atoms with Gasteiger partial charge in [-0.25, -0.2) is 0 Å². The zero-order valence-corrected chi connectivity index (χ0v) is 20.9. The number of alkyl halides is 6. The van der Waals surface area contributed by atoms with Crippen molar-refractivity contribution in [3.8, 4) is 34.0 Å². The molecule has 10 nitrogen and oxygen atoms in total. The zero-order chi connectivity index (χ0) is 29.9. The van der Waals surface area contributed by atoms with E-state index >= 15 is 0 Å². The number of aromatic amines is 1. The van der Waals surface area contributed by atoms with Crippen LogP contribution in [0, 0.1) is 0 Å². The van der Waals surface area contributed by atoms with Crippen LogP contribution < -0.4 is 14.8 Å². The van der Waals surface area contributed by atoms with Crippen molar-refractivity contribution in [3.63, 3.8) is 0 Å². The van der Waals surface area contributed by atoms with Crippen LogP contribution in [0.25, 0.3) is 22.5 Å². The number of rotatable bonds is 8. The fourth-order valence-corrected chi connectivity index (χ4v) is 3.94. The van der Waals surface area contributed by atoms with Gasteiger partial charge in [0.2, 0.25) is 0 Å². The van der Waals surface area contributed by atoms with Crippen LogP contribution in [-0.4, -0.2) is 49.0 Å². The molecule has 42 heavy (non-hydrogen) atoms. The summed E-state index contributed by atoms with van der Waals surface area (Å²) in [4.78, 5) is 12.6. The summed E-state index contributed by atoms with van der Waals surface area (Å²) < 4.78 is 85.0. The van der Waals surface area contributed by atoms with E-state index in [2.05, 4.69) is 40.5 Å². The second-order valence-corrected chi connectivity index (χ2v) is 8.61. The number of hydrogen-bond acceptors (Lipinski definition) is 7. The Balaban J connectivity index is 1.46. The fourth-order valence-electron chi connectivity index (χ4n) is 3.94. The Kier molecular flexibility index (Phi) is 7.52. The van der Waals surface area contributed by atoms with Gasteiger partial charge in [0, 0.05) is 16.7 Å². The topological polar surface area (TPSA) is 120 Å². The second kappa shape index (κ2) is 11.2. The van der Waals surface area contributed by atoms with E-state index in [4.69, 9.17) is 0 Å². The van der Waals surface area contributed by atoms with Gasteiger partial charge in [-0.2, -0.15) is 10.3 Å². The molecule has 0 aliphatic carbocycles. The van der Waals surface area contributed by atoms with E-state index in [1.807, 2.05) is 0 Å². The van der Waals surface area contributed by atoms with Crippen molar-refractivity contribution in [2.24, 2.45) is 0 Å². The largest absolute Gasteiger partial charge is 0.573 e. The summed E-state index contributed by atoms with van der Waals surface area (Å²) in [6, 6.07) is 18.3. The van der Waals surface area contributed by atoms with Gasteiger partial charge >= 0.3 is 12.7 Å². The van der Waals surface area contributed by atoms with Crippen molar-refractivity contribution in [2.75, 3.05) is 5.32 Å². The zero-order valence-electron chi connectivity index (χ0n) is 20.9. The Bertz CT molecular complexity index is 1670. The van der Waals surface area contributed by atoms with Gasteiger partial charge in [0.25, 0.3) is 11.9 Å². The van der Waals surface area contributed by atoms with Crippen LogP contribution in [0.2, 0.25) is 0 Å². The Morgan fingerprint density at radius 1 is 0.833 bits per heavy atom. The molecular weight excluding hydrogens is 572 g/mol. The molecule has 0 unspecified atom stereocenters. The van der Waals surface area contributed by atoms with Crippen molar-refractivity contribution >= 4 is 11.9 Å². The SMILES string of the molecule is O=C(Nc1nn[nH]n1)c1cccc(Cn2nc(-c3ccc(OC(F)(F)F)cc3)cc2-c2ccc(OC(F)(F)F)cc2)c1. The summed E-state index contributed by atoms with van der Waals surface area (Å²) in [5.41, 5.74) is 2.69. The van der Waals surface area contributed by atoms with Gasteiger partial charge < -0.3 is 9.47 Å². The molecule has 0 bridgehead atoms. The first-order valence-electron chi connectivity index (χ1n) is 11.9. The average Bonchev–Trinajstić information content (AvgIpc) is 3.58. The van der Waals surface area contributed by atoms with Crippen LogP contribution in [0.5, 0.6) is 11.5 Å². The summed E-state index contributed by atoms with van der Waals surface area (Å²) in [6.07, 6.45) is -9.71. The van der Waals surface area contributed by atoms with Crippen LogP contribution in [0.4, 0.5) is 32.3 Å². The smallest absolute Gasteiger partial charge is 0.406 e. The number of halogens is 6. The molecule has 0 saturated carbocycles. The maximum atomic E-state index is 12.6. The van der Waals surface area contributed by atoms with E-state index < -0.39 is 30.1 Å². The molecule has 0 aliphatic heterocycles. The first-order chi connectivity index (χ1) is 19.9. The van der Waals surface area contributed by atoms with Crippen LogP contribution in [0.3, 0.4) is 0 Å². The molecule has 16 heteroatoms. The molecule has 3 aromatic carbocycles. The van der Waals surface area contributed by atoms with E-state index in [-0.39, 0.29) is 18.1 Å². The molecule has 5 aromatic rings. The highest BCUT2D eigenvalue weighted by Crippen LogP contribution is 2.31. The highest BCUT2D eigenvalue weighted by atomic mass is 19.4. The maximum absolute atomic E-state index is 12.6. The highest BCUT2D eigenvalue weighted by molar-refractivity contribution is 6.03. The van der Waals surface area contributed by atoms with Gasteiger partial charge in [-0.1, -0.05) is 17.2 Å². The molecule has 0 aliphatic rings. The van der Waals surface area contributed by atoms with Crippen LogP contribution in [0.1, 0.15) is 15.9 Å². The molecule has 2 heterocycles. The van der Waals surface area contributed by atoms with Crippen molar-refractivity contribution < 1.29 is 40.6 Å². The number of ether oxygens (including phenoxy) is 2. The lowest BCUT2D eigenvalue weighted by Crippen LogP contribution is -2.17. The summed E-state index contributed by atoms with van der Waals surface area (Å²) in [5, 5.41) is 20.0. The van der Waals surface area contributed by atoms with E-state index in [9.17, 15) is 31.1 Å². The molecule has 0 fully saturated rings. The average molecular weight is 589 g/mol. The minimum absolute atomic E-state index is 0.0194. The number of anilines is 1. The van der Waals surface area contributed by atoms with Crippen molar-refractivity contribution in [1.29, 1.82) is 0 Å². The first kappa shape index (κ1) is 28.1. The number of H-pyrrole nitrogens is 1. The van der Waals surface area contributed by atoms with Crippen LogP contribution in [0.15, 0.2) is 78.9 Å². The third-order valence-corrected chi connectivity index (χ3v) is 5.64. The van der Waals surface area contributed by atoms with Gasteiger partial charge in [0.05, 0.1) is 17.9 Å². The third kappa shape index (κ3) is 7.21. The van der Waals surface area contributed by atoms with Gasteiger partial charge in [-0.05, 0) is 77.5 Å². The maximum Gasteiger partial charge on any atom is 0.573 e. The number of amides is 1. The number of nitrogens with one attached hydrogen (secondary N) is 2. The molecule has 0 atom stereocenters. The summed E-state index contributed by atoms with van der Waals surface area (Å²) >= 11 is 0. The third-order valence-electron chi connectivity index (χ3n) is 5.64. The van der Waals surface area contributed by atoms with Gasteiger partial charge in [0.15, 0.2) is 0 Å². The fraction of sp³-hybridized carbons (Fsp3) is 0.115. The normalized spacial score (nSPS) is 11.8. The number of hydrogen-bond donors (Lipinski definition) is 2. The molecule has 2 aromatic heterocycles. The summed E-state index contributed by atoms with van der Waals surface area (Å²) in [7, 11) is 0. The number of benzene rings is 3. The van der Waals surface area contributed by atoms with Gasteiger partial charge in [-0.15, -0.1) is 31.4 Å². The molecular formula is C26H17F6N7O3. The number of aromatic nitrogens is 6. The molecule has 1 amide bonds. The molecule has 5 rings (SSSR count). The van der Waals surface area contributed by atoms with E-state index in [0.29, 0.717) is 28.1 Å². The Labute approximate surface area is 231 Å². The van der Waals surface area contributed by atoms with Crippen LogP contribution in [-0.2, 0) is 6.54 Å². The monoisotopic (exact) mass is 589 g/mol. The molecule has 0 radical (unpaired) electrons. The predicted octanol–water partition coefficient (Wildman–Crippen LogP) is 5.83. The van der Waals surface area contributed by atoms with Crippen molar-refractivity contribution in [2.45, 2.75) is 19.3 Å². The number of carbonyl (C=O) groups excluding carboxylic acids is 1. The standard InChI is InChI=1S/C26H17F6N7O3/c27-25(28,29)41-19-8-4-16(5-9-19)21-13-22(17-6-10-20(11-7-17)42-26(30,31)32)39(36-21)14-15-2-1-3-18(12-15)23(40)33-24-34-37-38-35-24/h1-13H,14H2,(H2,33,34,35,37,38,40). The quantitative estimate of drug-likeness (QED) is 0.219. The van der Waals surface area contributed by atoms with Gasteiger partial charge in [-0.3, -0.25) is 14.8 Å². The van der Waals surface area contributed by atoms with Crippen molar-refractivity contribution in [3.05, 3.63) is 90.0 Å². The minimum Gasteiger partial charge on any atom is -0.406 e. The molecule has 0 saturated heterocycles. The lowest BCUT2D eigenvalue weighted by atomic mass is 10.1. The minimum atomic E-state index is -4.86. The number of nitrogens with zero attached hydrogens (tertiary/aromatic N) is 5. The number of carbonyl (C=O) groups is 1. The first-order valence-corrected chi connectivity index (χ1v) is 11.9. The predicted molar refractivity (Wildman–Crippen MR) is 134 cm³/mol. The summed E-state index contributed by atoms with van der Waals surface area (Å²) in [6.45, 7) is 0.120. The lowest BCUT2D eigenvalue weighted by molar-refractivity contribution is -0.275. The van der Waals surface area contributed by atoms with E-state index in [1.165, 1.54) is 24.3 Å². The van der Waals surface area contributed by atoms with E-state index in [1.54, 1.807) is 35.0 Å². The highest BCUT2D eigenvalue weighted by Gasteiger charge is 2.31. The molecule has 216 valence electrons. The molecule has 2 N–H and O–H groups in total. The van der Waals surface area contributed by atoms with Gasteiger partial charge in [0.1, 0.15) is 11.5 Å².